The van der Waals surface area contributed by atoms with Crippen LogP contribution in [0.4, 0.5) is 4.39 Å². The fraction of sp³-hybridized carbons (Fsp3) is 0.0968. The summed E-state index contributed by atoms with van der Waals surface area (Å²) in [7, 11) is 0. The molecule has 5 aromatic rings. The molecular formula is C31H21ClFN3O8. The van der Waals surface area contributed by atoms with Gasteiger partial charge in [-0.25, -0.2) is 19.4 Å². The van der Waals surface area contributed by atoms with Crippen LogP contribution in [-0.2, 0) is 11.5 Å². The molecule has 0 saturated carbocycles. The van der Waals surface area contributed by atoms with Crippen LogP contribution in [0.25, 0.3) is 10.8 Å². The van der Waals surface area contributed by atoms with Crippen molar-refractivity contribution in [3.8, 4) is 11.6 Å². The van der Waals surface area contributed by atoms with Gasteiger partial charge in [-0.1, -0.05) is 54.1 Å². The maximum atomic E-state index is 14.4. The largest absolute Gasteiger partial charge is 0.421 e. The van der Waals surface area contributed by atoms with Gasteiger partial charge < -0.3 is 14.2 Å². The molecule has 0 aliphatic heterocycles. The van der Waals surface area contributed by atoms with Crippen molar-refractivity contribution in [1.29, 1.82) is 0 Å². The number of halogens is 2. The van der Waals surface area contributed by atoms with E-state index in [4.69, 9.17) is 25.8 Å². The van der Waals surface area contributed by atoms with E-state index in [9.17, 15) is 28.4 Å². The van der Waals surface area contributed by atoms with E-state index in [1.54, 1.807) is 61.5 Å². The highest BCUT2D eigenvalue weighted by Gasteiger charge is 2.23. The van der Waals surface area contributed by atoms with Gasteiger partial charge in [-0.05, 0) is 42.0 Å². The normalized spacial score (nSPS) is 10.9. The lowest BCUT2D eigenvalue weighted by Gasteiger charge is -2.13. The maximum Gasteiger partial charge on any atom is 0.344 e. The van der Waals surface area contributed by atoms with Crippen molar-refractivity contribution in [2.24, 2.45) is 0 Å². The minimum absolute atomic E-state index is 0.0874. The zero-order valence-corrected chi connectivity index (χ0v) is 23.6. The lowest BCUT2D eigenvalue weighted by Crippen LogP contribution is -2.45. The molecule has 5 rings (SSSR count). The molecular weight excluding hydrogens is 597 g/mol. The standard InChI is InChI=1S/C31H21ClFN3O8/c1-2-42-17-35-16-24(33)28(38)36(31(35)41)27(37)20-12-19-10-6-7-11-21(19)22(13-20)30(40)43-25-14-26(34-15-23(25)32)44-29(39)18-8-4-3-5-9-18/h3-16H,2,17H2,1H3. The Kier molecular flexibility index (Phi) is 8.74. The molecule has 3 aromatic carbocycles. The average Bonchev–Trinajstić information content (AvgIpc) is 3.03. The summed E-state index contributed by atoms with van der Waals surface area (Å²) in [4.78, 5) is 68.8. The molecule has 0 radical (unpaired) electrons. The molecule has 0 aliphatic carbocycles. The molecule has 13 heteroatoms. The number of ether oxygens (including phenoxy) is 3. The van der Waals surface area contributed by atoms with Gasteiger partial charge in [0, 0.05) is 18.2 Å². The number of benzene rings is 3. The fourth-order valence-electron chi connectivity index (χ4n) is 4.18. The van der Waals surface area contributed by atoms with Crippen LogP contribution >= 0.6 is 11.6 Å². The van der Waals surface area contributed by atoms with Gasteiger partial charge >= 0.3 is 17.6 Å². The summed E-state index contributed by atoms with van der Waals surface area (Å²) in [5.74, 6) is -4.62. The molecule has 0 spiro atoms. The second-order valence-corrected chi connectivity index (χ2v) is 9.55. The van der Waals surface area contributed by atoms with E-state index in [1.165, 1.54) is 6.07 Å². The monoisotopic (exact) mass is 617 g/mol. The van der Waals surface area contributed by atoms with Crippen LogP contribution in [0.5, 0.6) is 11.6 Å². The Morgan fingerprint density at radius 3 is 2.39 bits per heavy atom. The summed E-state index contributed by atoms with van der Waals surface area (Å²) in [6.45, 7) is 1.44. The van der Waals surface area contributed by atoms with Gasteiger partial charge in [0.05, 0.1) is 23.5 Å². The number of rotatable bonds is 8. The van der Waals surface area contributed by atoms with Crippen molar-refractivity contribution < 1.29 is 33.0 Å². The van der Waals surface area contributed by atoms with Crippen LogP contribution in [0.3, 0.4) is 0 Å². The average molecular weight is 618 g/mol. The van der Waals surface area contributed by atoms with Crippen molar-refractivity contribution in [2.75, 3.05) is 6.61 Å². The van der Waals surface area contributed by atoms with Crippen LogP contribution in [0, 0.1) is 5.82 Å². The van der Waals surface area contributed by atoms with Crippen LogP contribution in [0.15, 0.2) is 94.8 Å². The van der Waals surface area contributed by atoms with Crippen molar-refractivity contribution in [3.63, 3.8) is 0 Å². The third-order valence-electron chi connectivity index (χ3n) is 6.28. The first-order chi connectivity index (χ1) is 21.2. The molecule has 2 heterocycles. The Hall–Kier alpha value is -5.46. The van der Waals surface area contributed by atoms with Crippen molar-refractivity contribution in [1.82, 2.24) is 14.1 Å². The van der Waals surface area contributed by atoms with Gasteiger partial charge in [-0.3, -0.25) is 14.2 Å². The number of carbonyl (C=O) groups excluding carboxylic acids is 3. The van der Waals surface area contributed by atoms with Crippen molar-refractivity contribution >= 4 is 40.2 Å². The number of carbonyl (C=O) groups is 3. The lowest BCUT2D eigenvalue weighted by molar-refractivity contribution is 0.0726. The van der Waals surface area contributed by atoms with E-state index >= 15 is 0 Å². The van der Waals surface area contributed by atoms with Gasteiger partial charge in [0.15, 0.2) is 5.75 Å². The smallest absolute Gasteiger partial charge is 0.344 e. The number of hydrogen-bond acceptors (Lipinski definition) is 9. The van der Waals surface area contributed by atoms with Gasteiger partial charge in [0.25, 0.3) is 11.5 Å². The lowest BCUT2D eigenvalue weighted by atomic mass is 10.0. The maximum absolute atomic E-state index is 14.4. The molecule has 0 amide bonds. The second-order valence-electron chi connectivity index (χ2n) is 9.14. The molecule has 11 nitrogen and oxygen atoms in total. The molecule has 0 saturated heterocycles. The number of hydrogen-bond donors (Lipinski definition) is 0. The molecule has 0 fully saturated rings. The van der Waals surface area contributed by atoms with Gasteiger partial charge in [0.1, 0.15) is 11.8 Å². The van der Waals surface area contributed by atoms with E-state index in [0.717, 1.165) is 22.9 Å². The minimum Gasteiger partial charge on any atom is -0.421 e. The first-order valence-corrected chi connectivity index (χ1v) is 13.4. The number of nitrogens with zero attached hydrogens (tertiary/aromatic N) is 3. The highest BCUT2D eigenvalue weighted by molar-refractivity contribution is 6.32. The quantitative estimate of drug-likeness (QED) is 0.231. The molecule has 222 valence electrons. The second kappa shape index (κ2) is 12.8. The van der Waals surface area contributed by atoms with E-state index in [2.05, 4.69) is 4.98 Å². The third kappa shape index (κ3) is 6.16. The topological polar surface area (TPSA) is 136 Å². The highest BCUT2D eigenvalue weighted by Crippen LogP contribution is 2.30. The predicted molar refractivity (Wildman–Crippen MR) is 156 cm³/mol. The minimum atomic E-state index is -1.47. The van der Waals surface area contributed by atoms with E-state index in [1.807, 2.05) is 0 Å². The summed E-state index contributed by atoms with van der Waals surface area (Å²) in [6.07, 6.45) is 1.77. The summed E-state index contributed by atoms with van der Waals surface area (Å²) in [5.41, 5.74) is -2.75. The predicted octanol–water partition coefficient (Wildman–Crippen LogP) is 4.47. The first-order valence-electron chi connectivity index (χ1n) is 13.0. The summed E-state index contributed by atoms with van der Waals surface area (Å²) < 4.78 is 31.2. The molecule has 0 aliphatic rings. The van der Waals surface area contributed by atoms with Crippen LogP contribution < -0.4 is 20.7 Å². The Morgan fingerprint density at radius 1 is 0.909 bits per heavy atom. The van der Waals surface area contributed by atoms with Crippen LogP contribution in [0.1, 0.15) is 38.0 Å². The van der Waals surface area contributed by atoms with Crippen LogP contribution in [0.2, 0.25) is 5.02 Å². The molecule has 0 N–H and O–H groups in total. The van der Waals surface area contributed by atoms with Gasteiger partial charge in [0.2, 0.25) is 11.7 Å². The third-order valence-corrected chi connectivity index (χ3v) is 6.57. The van der Waals surface area contributed by atoms with Gasteiger partial charge in [-0.2, -0.15) is 8.96 Å². The van der Waals surface area contributed by atoms with E-state index in [-0.39, 0.29) is 44.5 Å². The number of esters is 2. The highest BCUT2D eigenvalue weighted by atomic mass is 35.5. The Bertz CT molecular complexity index is 2040. The molecule has 0 unspecified atom stereocenters. The Balaban J connectivity index is 1.51. The van der Waals surface area contributed by atoms with Crippen molar-refractivity contribution in [2.45, 2.75) is 13.7 Å². The molecule has 2 aromatic heterocycles. The first kappa shape index (κ1) is 30.0. The number of aromatic nitrogens is 3. The van der Waals surface area contributed by atoms with Crippen LogP contribution in [-0.4, -0.2) is 38.6 Å². The zero-order chi connectivity index (χ0) is 31.4. The zero-order valence-electron chi connectivity index (χ0n) is 22.9. The number of pyridine rings is 1. The van der Waals surface area contributed by atoms with E-state index in [0.29, 0.717) is 17.0 Å². The SMILES string of the molecule is CCOCn1cc(F)c(=O)n(C(=O)c2cc(C(=O)Oc3cc(OC(=O)c4ccccc4)ncc3Cl)c3ccccc3c2)c1=O. The Morgan fingerprint density at radius 2 is 1.64 bits per heavy atom. The molecule has 0 bridgehead atoms. The Labute approximate surface area is 252 Å². The number of fused-ring (bicyclic) bond motifs is 1. The van der Waals surface area contributed by atoms with Crippen molar-refractivity contribution in [3.05, 3.63) is 134 Å². The summed E-state index contributed by atoms with van der Waals surface area (Å²) in [5, 5.41) is 0.647. The van der Waals surface area contributed by atoms with E-state index < -0.39 is 41.6 Å². The summed E-state index contributed by atoms with van der Waals surface area (Å²) in [6, 6.07) is 18.2. The summed E-state index contributed by atoms with van der Waals surface area (Å²) >= 11 is 6.21. The molecule has 44 heavy (non-hydrogen) atoms. The molecule has 0 atom stereocenters. The van der Waals surface area contributed by atoms with Gasteiger partial charge in [-0.15, -0.1) is 0 Å². The fourth-order valence-corrected chi connectivity index (χ4v) is 4.32.